The van der Waals surface area contributed by atoms with E-state index in [1.165, 1.54) is 26.2 Å². The van der Waals surface area contributed by atoms with Crippen molar-refractivity contribution in [1.29, 1.82) is 10.5 Å². The average molecular weight is 655 g/mol. The van der Waals surface area contributed by atoms with Gasteiger partial charge in [-0.2, -0.15) is 28.7 Å². The molecular weight excluding hydrogens is 625 g/mol. The molecule has 1 unspecified atom stereocenters. The topological polar surface area (TPSA) is 201 Å². The maximum Gasteiger partial charge on any atom is 0.490 e. The smallest absolute Gasteiger partial charge is 0.490 e. The Hall–Kier alpha value is -5.17. The maximum atomic E-state index is 12.9. The summed E-state index contributed by atoms with van der Waals surface area (Å²) in [4.78, 5) is 29.3. The number of aromatic nitrogens is 2. The number of benzene rings is 1. The van der Waals surface area contributed by atoms with Gasteiger partial charge in [0.1, 0.15) is 42.8 Å². The number of azo groups is 1. The van der Waals surface area contributed by atoms with Crippen molar-refractivity contribution in [2.24, 2.45) is 10.2 Å². The number of ether oxygens (including phenoxy) is 3. The molecule has 1 N–H and O–H groups in total. The van der Waals surface area contributed by atoms with Crippen LogP contribution in [0.2, 0.25) is 0 Å². The summed E-state index contributed by atoms with van der Waals surface area (Å²) in [5, 5.41) is 27.3. The SMILES string of the molecule is C=C(C)C(=O)OCC(COC(=O)C(F)(F)F)n1c(/N=N/c2cc(OC)c(N(CC)CC)cc2NS(C)(=O)=O)nc(C#N)c1C#N. The van der Waals surface area contributed by atoms with Crippen molar-refractivity contribution >= 4 is 45.0 Å². The van der Waals surface area contributed by atoms with Gasteiger partial charge in [-0.15, -0.1) is 10.2 Å². The van der Waals surface area contributed by atoms with Crippen molar-refractivity contribution in [3.8, 4) is 17.9 Å². The first kappa shape index (κ1) is 36.0. The molecule has 242 valence electrons. The summed E-state index contributed by atoms with van der Waals surface area (Å²) in [6.45, 7) is 7.63. The molecule has 0 bridgehead atoms. The van der Waals surface area contributed by atoms with Gasteiger partial charge in [0, 0.05) is 24.7 Å². The van der Waals surface area contributed by atoms with E-state index >= 15 is 0 Å². The number of nitrogens with zero attached hydrogens (tertiary/aromatic N) is 7. The number of hydrogen-bond acceptors (Lipinski definition) is 13. The van der Waals surface area contributed by atoms with Crippen LogP contribution in [-0.2, 0) is 29.1 Å². The number of halogens is 3. The van der Waals surface area contributed by atoms with E-state index < -0.39 is 64.7 Å². The number of nitrogens with one attached hydrogen (secondary N) is 1. The Labute approximate surface area is 256 Å². The summed E-state index contributed by atoms with van der Waals surface area (Å²) in [5.74, 6) is -3.81. The number of rotatable bonds is 14. The minimum atomic E-state index is -5.37. The number of carbonyl (C=O) groups excluding carboxylic acids is 2. The molecule has 45 heavy (non-hydrogen) atoms. The molecule has 0 saturated carbocycles. The monoisotopic (exact) mass is 654 g/mol. The number of sulfonamides is 1. The summed E-state index contributed by atoms with van der Waals surface area (Å²) in [6, 6.07) is 4.56. The van der Waals surface area contributed by atoms with Gasteiger partial charge >= 0.3 is 18.1 Å². The van der Waals surface area contributed by atoms with Crippen LogP contribution in [0.4, 0.5) is 36.2 Å². The lowest BCUT2D eigenvalue weighted by Gasteiger charge is -2.24. The fourth-order valence-corrected chi connectivity index (χ4v) is 4.33. The highest BCUT2D eigenvalue weighted by atomic mass is 32.2. The van der Waals surface area contributed by atoms with Gasteiger partial charge in [0.05, 0.1) is 24.7 Å². The molecule has 0 saturated heterocycles. The Balaban J connectivity index is 2.77. The molecule has 0 amide bonds. The standard InChI is InChI=1S/C26H29F3N8O7S/c1-7-36(8-2)20-9-18(35-45(6,40)41)17(10-22(20)42-5)33-34-25-32-19(11-30)21(12-31)37(25)16(13-43-23(38)15(3)4)14-44-24(39)26(27,28)29/h9-10,16,35H,3,7-8,13-14H2,1-2,4-6H3/b34-33+. The van der Waals surface area contributed by atoms with E-state index in [2.05, 4.69) is 31.3 Å². The fraction of sp³-hybridized carbons (Fsp3) is 0.423. The van der Waals surface area contributed by atoms with E-state index in [-0.39, 0.29) is 22.7 Å². The molecule has 15 nitrogen and oxygen atoms in total. The first-order chi connectivity index (χ1) is 21.0. The molecule has 1 aromatic heterocycles. The highest BCUT2D eigenvalue weighted by Gasteiger charge is 2.41. The molecular formula is C26H29F3N8O7S. The van der Waals surface area contributed by atoms with Gasteiger partial charge in [0.25, 0.3) is 5.95 Å². The van der Waals surface area contributed by atoms with Gasteiger partial charge in [0.2, 0.25) is 10.0 Å². The van der Waals surface area contributed by atoms with Crippen molar-refractivity contribution in [3.63, 3.8) is 0 Å². The molecule has 0 aliphatic carbocycles. The van der Waals surface area contributed by atoms with Crippen LogP contribution >= 0.6 is 0 Å². The third-order valence-electron chi connectivity index (χ3n) is 5.81. The van der Waals surface area contributed by atoms with Crippen LogP contribution in [0.25, 0.3) is 0 Å². The van der Waals surface area contributed by atoms with Crippen molar-refractivity contribution < 1.29 is 45.4 Å². The number of methoxy groups -OCH3 is 1. The number of alkyl halides is 3. The van der Waals surface area contributed by atoms with Gasteiger partial charge in [-0.1, -0.05) is 6.58 Å². The Kier molecular flexibility index (Phi) is 12.0. The van der Waals surface area contributed by atoms with E-state index in [0.717, 1.165) is 10.8 Å². The summed E-state index contributed by atoms with van der Waals surface area (Å²) < 4.78 is 80.9. The lowest BCUT2D eigenvalue weighted by Crippen LogP contribution is -2.30. The van der Waals surface area contributed by atoms with Crippen LogP contribution < -0.4 is 14.4 Å². The zero-order valence-corrected chi connectivity index (χ0v) is 25.6. The normalized spacial score (nSPS) is 12.1. The molecule has 2 aromatic rings. The first-order valence-electron chi connectivity index (χ1n) is 12.9. The number of carbonyl (C=O) groups is 2. The molecule has 1 heterocycles. The Morgan fingerprint density at radius 1 is 1.16 bits per heavy atom. The second kappa shape index (κ2) is 15.0. The van der Waals surface area contributed by atoms with Crippen LogP contribution in [0.5, 0.6) is 5.75 Å². The van der Waals surface area contributed by atoms with Gasteiger partial charge in [-0.3, -0.25) is 9.29 Å². The second-order valence-electron chi connectivity index (χ2n) is 9.12. The van der Waals surface area contributed by atoms with Crippen molar-refractivity contribution in [2.45, 2.75) is 33.0 Å². The zero-order chi connectivity index (χ0) is 34.1. The van der Waals surface area contributed by atoms with E-state index in [0.29, 0.717) is 18.8 Å². The lowest BCUT2D eigenvalue weighted by atomic mass is 10.2. The third-order valence-corrected chi connectivity index (χ3v) is 6.40. The average Bonchev–Trinajstić information content (AvgIpc) is 3.33. The van der Waals surface area contributed by atoms with E-state index in [1.54, 1.807) is 12.1 Å². The third kappa shape index (κ3) is 9.41. The van der Waals surface area contributed by atoms with Gasteiger partial charge in [0.15, 0.2) is 11.4 Å². The van der Waals surface area contributed by atoms with E-state index in [1.807, 2.05) is 18.7 Å². The minimum Gasteiger partial charge on any atom is -0.494 e. The molecule has 0 fully saturated rings. The summed E-state index contributed by atoms with van der Waals surface area (Å²) >= 11 is 0. The summed E-state index contributed by atoms with van der Waals surface area (Å²) in [6.07, 6.45) is -4.47. The van der Waals surface area contributed by atoms with E-state index in [4.69, 9.17) is 9.47 Å². The highest BCUT2D eigenvalue weighted by Crippen LogP contribution is 2.40. The molecule has 0 aliphatic rings. The molecule has 2 rings (SSSR count). The fourth-order valence-electron chi connectivity index (χ4n) is 3.76. The number of anilines is 2. The van der Waals surface area contributed by atoms with Crippen molar-refractivity contribution in [2.75, 3.05) is 49.3 Å². The molecule has 19 heteroatoms. The van der Waals surface area contributed by atoms with Gasteiger partial charge in [-0.25, -0.2) is 18.0 Å². The first-order valence-corrected chi connectivity index (χ1v) is 14.8. The molecule has 1 atom stereocenters. The molecule has 1 aromatic carbocycles. The Bertz CT molecular complexity index is 1670. The number of hydrogen-bond donors (Lipinski definition) is 1. The van der Waals surface area contributed by atoms with Crippen molar-refractivity contribution in [3.05, 3.63) is 35.7 Å². The quantitative estimate of drug-likeness (QED) is 0.175. The number of nitriles is 2. The van der Waals surface area contributed by atoms with Crippen molar-refractivity contribution in [1.82, 2.24) is 9.55 Å². The van der Waals surface area contributed by atoms with Crippen LogP contribution in [0, 0.1) is 22.7 Å². The Morgan fingerprint density at radius 2 is 1.78 bits per heavy atom. The predicted molar refractivity (Wildman–Crippen MR) is 153 cm³/mol. The van der Waals surface area contributed by atoms with Crippen LogP contribution in [0.3, 0.4) is 0 Å². The van der Waals surface area contributed by atoms with Gasteiger partial charge < -0.3 is 19.1 Å². The molecule has 0 spiro atoms. The highest BCUT2D eigenvalue weighted by molar-refractivity contribution is 7.92. The second-order valence-corrected chi connectivity index (χ2v) is 10.9. The molecule has 0 radical (unpaired) electrons. The lowest BCUT2D eigenvalue weighted by molar-refractivity contribution is -0.201. The largest absolute Gasteiger partial charge is 0.494 e. The predicted octanol–water partition coefficient (Wildman–Crippen LogP) is 4.03. The van der Waals surface area contributed by atoms with Crippen LogP contribution in [0.15, 0.2) is 34.5 Å². The van der Waals surface area contributed by atoms with Crippen LogP contribution in [0.1, 0.15) is 38.2 Å². The van der Waals surface area contributed by atoms with E-state index in [9.17, 15) is 41.7 Å². The van der Waals surface area contributed by atoms with Crippen LogP contribution in [-0.4, -0.2) is 75.8 Å². The maximum absolute atomic E-state index is 12.9. The number of imidazole rings is 1. The summed E-state index contributed by atoms with van der Waals surface area (Å²) in [5.41, 5.74) is -0.789. The zero-order valence-electron chi connectivity index (χ0n) is 24.8. The molecule has 0 aliphatic heterocycles. The minimum absolute atomic E-state index is 0.0471. The Morgan fingerprint density at radius 3 is 2.27 bits per heavy atom. The number of esters is 2. The summed E-state index contributed by atoms with van der Waals surface area (Å²) in [7, 11) is -2.48. The van der Waals surface area contributed by atoms with Gasteiger partial charge in [-0.05, 0) is 26.8 Å².